The van der Waals surface area contributed by atoms with Gasteiger partial charge in [0.05, 0.1) is 11.2 Å². The number of nitrogens with one attached hydrogen (secondary N) is 3. The van der Waals surface area contributed by atoms with E-state index in [1.54, 1.807) is 23.9 Å². The van der Waals surface area contributed by atoms with Crippen molar-refractivity contribution >= 4 is 32.6 Å². The largest absolute Gasteiger partial charge is 0.357 e. The highest BCUT2D eigenvalue weighted by molar-refractivity contribution is 7.92. The molecular formula is C24H29F4N5O2S. The van der Waals surface area contributed by atoms with E-state index in [-0.39, 0.29) is 5.56 Å². The maximum Gasteiger partial charge on any atom is 0.263 e. The number of sulfonamides is 1. The molecule has 7 nitrogen and oxygen atoms in total. The quantitative estimate of drug-likeness (QED) is 0.367. The van der Waals surface area contributed by atoms with Crippen LogP contribution in [-0.2, 0) is 10.0 Å². The molecule has 1 aromatic heterocycles. The topological polar surface area (TPSA) is 96.0 Å². The maximum atomic E-state index is 14.6. The van der Waals surface area contributed by atoms with Gasteiger partial charge < -0.3 is 10.6 Å². The Morgan fingerprint density at radius 3 is 2.36 bits per heavy atom. The molecule has 0 spiro atoms. The van der Waals surface area contributed by atoms with E-state index >= 15 is 0 Å². The molecule has 0 atom stereocenters. The van der Waals surface area contributed by atoms with Gasteiger partial charge in [0.15, 0.2) is 11.6 Å². The summed E-state index contributed by atoms with van der Waals surface area (Å²) in [6, 6.07) is 6.84. The van der Waals surface area contributed by atoms with Crippen LogP contribution in [0.2, 0.25) is 0 Å². The minimum Gasteiger partial charge on any atom is -0.357 e. The monoisotopic (exact) mass is 527 g/mol. The molecule has 1 aliphatic heterocycles. The predicted molar refractivity (Wildman–Crippen MR) is 134 cm³/mol. The fourth-order valence-corrected chi connectivity index (χ4v) is 4.88. The smallest absolute Gasteiger partial charge is 0.263 e. The van der Waals surface area contributed by atoms with E-state index in [4.69, 9.17) is 0 Å². The number of fused-ring (bicyclic) bond motifs is 1. The summed E-state index contributed by atoms with van der Waals surface area (Å²) >= 11 is 0. The lowest BCUT2D eigenvalue weighted by Gasteiger charge is -2.16. The van der Waals surface area contributed by atoms with Gasteiger partial charge in [-0.15, -0.1) is 0 Å². The van der Waals surface area contributed by atoms with Gasteiger partial charge in [-0.2, -0.15) is 0 Å². The molecule has 2 aromatic carbocycles. The van der Waals surface area contributed by atoms with E-state index in [9.17, 15) is 26.0 Å². The van der Waals surface area contributed by atoms with Gasteiger partial charge in [0.25, 0.3) is 5.92 Å². The molecule has 0 bridgehead atoms. The molecule has 1 aliphatic rings. The summed E-state index contributed by atoms with van der Waals surface area (Å²) in [6.45, 7) is 3.62. The molecule has 12 heteroatoms. The van der Waals surface area contributed by atoms with Crippen LogP contribution in [0.5, 0.6) is 0 Å². The Labute approximate surface area is 207 Å². The van der Waals surface area contributed by atoms with Gasteiger partial charge in [0.1, 0.15) is 5.75 Å². The highest BCUT2D eigenvalue weighted by atomic mass is 32.2. The third-order valence-electron chi connectivity index (χ3n) is 5.59. The molecule has 0 radical (unpaired) electrons. The SMILES string of the molecule is C1CCNCC1.CCC(F)(F)CS(=O)(=O)Nc1ccc(-c2ccc3nc(NC)ncc3c2)c(F)c1F. The number of rotatable bonds is 7. The molecule has 0 saturated carbocycles. The van der Waals surface area contributed by atoms with Crippen LogP contribution < -0.4 is 15.4 Å². The maximum absolute atomic E-state index is 14.6. The second kappa shape index (κ2) is 11.8. The van der Waals surface area contributed by atoms with E-state index in [1.165, 1.54) is 44.6 Å². The van der Waals surface area contributed by atoms with E-state index in [0.29, 0.717) is 22.4 Å². The van der Waals surface area contributed by atoms with Crippen LogP contribution in [0.3, 0.4) is 0 Å². The molecule has 1 saturated heterocycles. The molecule has 3 N–H and O–H groups in total. The van der Waals surface area contributed by atoms with Gasteiger partial charge in [-0.3, -0.25) is 4.72 Å². The van der Waals surface area contributed by atoms with Crippen molar-refractivity contribution in [2.75, 3.05) is 35.9 Å². The van der Waals surface area contributed by atoms with E-state index in [1.807, 2.05) is 0 Å². The van der Waals surface area contributed by atoms with Gasteiger partial charge in [-0.05, 0) is 55.8 Å². The zero-order valence-electron chi connectivity index (χ0n) is 20.0. The van der Waals surface area contributed by atoms with Crippen LogP contribution in [0, 0.1) is 11.6 Å². The number of hydrogen-bond acceptors (Lipinski definition) is 6. The molecule has 1 fully saturated rings. The van der Waals surface area contributed by atoms with E-state index in [0.717, 1.165) is 19.1 Å². The summed E-state index contributed by atoms with van der Waals surface area (Å²) in [5, 5.41) is 6.66. The average molecular weight is 528 g/mol. The Morgan fingerprint density at radius 1 is 1.06 bits per heavy atom. The summed E-state index contributed by atoms with van der Waals surface area (Å²) < 4.78 is 81.4. The van der Waals surface area contributed by atoms with Gasteiger partial charge in [-0.1, -0.05) is 19.4 Å². The van der Waals surface area contributed by atoms with Crippen molar-refractivity contribution in [3.63, 3.8) is 0 Å². The second-order valence-electron chi connectivity index (χ2n) is 8.39. The molecule has 0 unspecified atom stereocenters. The lowest BCUT2D eigenvalue weighted by Crippen LogP contribution is -2.31. The summed E-state index contributed by atoms with van der Waals surface area (Å²) in [7, 11) is -2.93. The fraction of sp³-hybridized carbons (Fsp3) is 0.417. The number of benzene rings is 2. The summed E-state index contributed by atoms with van der Waals surface area (Å²) in [5.41, 5.74) is 0.0201. The first-order chi connectivity index (χ1) is 17.0. The molecular weight excluding hydrogens is 498 g/mol. The molecule has 0 amide bonds. The summed E-state index contributed by atoms with van der Waals surface area (Å²) in [6.07, 6.45) is 5.03. The minimum atomic E-state index is -4.59. The Hall–Kier alpha value is -2.99. The van der Waals surface area contributed by atoms with Crippen molar-refractivity contribution in [2.24, 2.45) is 0 Å². The third-order valence-corrected chi connectivity index (χ3v) is 6.92. The Bertz CT molecular complexity index is 1290. The number of nitrogens with zero attached hydrogens (tertiary/aromatic N) is 2. The van der Waals surface area contributed by atoms with Crippen molar-refractivity contribution in [3.05, 3.63) is 48.2 Å². The zero-order chi connectivity index (χ0) is 26.3. The number of aromatic nitrogens is 2. The molecule has 0 aliphatic carbocycles. The number of hydrogen-bond donors (Lipinski definition) is 3. The number of alkyl halides is 2. The van der Waals surface area contributed by atoms with Gasteiger partial charge in [0.2, 0.25) is 16.0 Å². The normalized spacial score (nSPS) is 14.2. The van der Waals surface area contributed by atoms with Crippen molar-refractivity contribution in [3.8, 4) is 11.1 Å². The fourth-order valence-electron chi connectivity index (χ4n) is 3.56. The summed E-state index contributed by atoms with van der Waals surface area (Å²) in [4.78, 5) is 8.29. The molecule has 3 aromatic rings. The summed E-state index contributed by atoms with van der Waals surface area (Å²) in [5.74, 6) is -7.42. The standard InChI is InChI=1S/C19H18F4N4O2S.C5H11N/c1-3-19(22,23)10-30(28,29)27-15-7-5-13(16(20)17(15)21)11-4-6-14-12(8-11)9-25-18(24-2)26-14;1-2-4-6-5-3-1/h4-9,27H,3,10H2,1-2H3,(H,24,25,26);6H,1-5H2. The number of piperidine rings is 1. The second-order valence-corrected chi connectivity index (χ2v) is 10.1. The van der Waals surface area contributed by atoms with Crippen LogP contribution in [0.1, 0.15) is 32.6 Å². The van der Waals surface area contributed by atoms with Crippen molar-refractivity contribution < 1.29 is 26.0 Å². The Kier molecular flexibility index (Phi) is 9.07. The molecule has 4 rings (SSSR count). The Balaban J connectivity index is 0.000000526. The van der Waals surface area contributed by atoms with Crippen molar-refractivity contribution in [2.45, 2.75) is 38.5 Å². The third kappa shape index (κ3) is 7.26. The van der Waals surface area contributed by atoms with Crippen LogP contribution in [0.25, 0.3) is 22.0 Å². The highest BCUT2D eigenvalue weighted by Crippen LogP contribution is 2.31. The van der Waals surface area contributed by atoms with Gasteiger partial charge in [0, 0.05) is 30.6 Å². The molecule has 2 heterocycles. The predicted octanol–water partition coefficient (Wildman–Crippen LogP) is 5.16. The first kappa shape index (κ1) is 27.6. The van der Waals surface area contributed by atoms with Crippen LogP contribution >= 0.6 is 0 Å². The minimum absolute atomic E-state index is 0.131. The van der Waals surface area contributed by atoms with Crippen molar-refractivity contribution in [1.29, 1.82) is 0 Å². The van der Waals surface area contributed by atoms with Crippen LogP contribution in [0.15, 0.2) is 36.5 Å². The van der Waals surface area contributed by atoms with E-state index in [2.05, 4.69) is 20.6 Å². The lowest BCUT2D eigenvalue weighted by atomic mass is 10.0. The van der Waals surface area contributed by atoms with Crippen molar-refractivity contribution in [1.82, 2.24) is 15.3 Å². The first-order valence-electron chi connectivity index (χ1n) is 11.6. The number of halogens is 4. The average Bonchev–Trinajstić information content (AvgIpc) is 2.87. The first-order valence-corrected chi connectivity index (χ1v) is 13.2. The zero-order valence-corrected chi connectivity index (χ0v) is 20.9. The van der Waals surface area contributed by atoms with Gasteiger partial charge in [-0.25, -0.2) is 35.9 Å². The molecule has 196 valence electrons. The molecule has 36 heavy (non-hydrogen) atoms. The highest BCUT2D eigenvalue weighted by Gasteiger charge is 2.34. The van der Waals surface area contributed by atoms with E-state index < -0.39 is 45.4 Å². The van der Waals surface area contributed by atoms with Gasteiger partial charge >= 0.3 is 0 Å². The number of anilines is 2. The Morgan fingerprint density at radius 2 is 1.78 bits per heavy atom. The van der Waals surface area contributed by atoms with Crippen LogP contribution in [-0.4, -0.2) is 50.2 Å². The van der Waals surface area contributed by atoms with Crippen LogP contribution in [0.4, 0.5) is 29.2 Å². The lowest BCUT2D eigenvalue weighted by molar-refractivity contribution is 0.0219.